The molecule has 0 aliphatic rings. The molecule has 0 aliphatic heterocycles. The molecule has 6 aromatic rings. The Bertz CT molecular complexity index is 2160. The van der Waals surface area contributed by atoms with E-state index in [4.69, 9.17) is 14.4 Å². The van der Waals surface area contributed by atoms with Gasteiger partial charge in [-0.1, -0.05) is 36.0 Å². The van der Waals surface area contributed by atoms with Gasteiger partial charge in [-0.25, -0.2) is 9.65 Å². The molecule has 2 atom stereocenters. The summed E-state index contributed by atoms with van der Waals surface area (Å²) in [5, 5.41) is 13.8. The van der Waals surface area contributed by atoms with Crippen LogP contribution in [-0.2, 0) is 14.1 Å². The van der Waals surface area contributed by atoms with Crippen molar-refractivity contribution >= 4 is 75.8 Å². The molecule has 0 aliphatic carbocycles. The fourth-order valence-electron chi connectivity index (χ4n) is 4.91. The Morgan fingerprint density at radius 2 is 1.83 bits per heavy atom. The van der Waals surface area contributed by atoms with Gasteiger partial charge < -0.3 is 14.6 Å². The van der Waals surface area contributed by atoms with Gasteiger partial charge in [0.25, 0.3) is 5.91 Å². The van der Waals surface area contributed by atoms with Crippen molar-refractivity contribution in [3.05, 3.63) is 113 Å². The number of methoxy groups -OCH3 is 1. The van der Waals surface area contributed by atoms with Crippen molar-refractivity contribution in [1.29, 1.82) is 0 Å². The minimum atomic E-state index is -4.21. The maximum Gasteiger partial charge on any atom is 0.440 e. The van der Waals surface area contributed by atoms with Gasteiger partial charge in [-0.05, 0) is 85.1 Å². The molecular weight excluding hydrogens is 654 g/mol. The molecule has 0 saturated heterocycles. The predicted octanol–water partition coefficient (Wildman–Crippen LogP) is 7.51. The van der Waals surface area contributed by atoms with E-state index >= 15 is 4.57 Å². The number of ether oxygens (including phenoxy) is 1. The van der Waals surface area contributed by atoms with Crippen molar-refractivity contribution in [2.75, 3.05) is 14.2 Å². The van der Waals surface area contributed by atoms with Crippen LogP contribution in [0.4, 0.5) is 0 Å². The smallest absolute Gasteiger partial charge is 0.440 e. The van der Waals surface area contributed by atoms with Crippen molar-refractivity contribution in [3.8, 4) is 5.75 Å². The summed E-state index contributed by atoms with van der Waals surface area (Å²) < 4.78 is 28.8. The molecule has 6 rings (SSSR count). The van der Waals surface area contributed by atoms with Gasteiger partial charge in [-0.15, -0.1) is 11.3 Å². The van der Waals surface area contributed by atoms with Crippen molar-refractivity contribution in [3.63, 3.8) is 0 Å². The number of nitrogens with one attached hydrogen (secondary N) is 2. The van der Waals surface area contributed by atoms with E-state index in [1.165, 1.54) is 34.7 Å². The lowest BCUT2D eigenvalue weighted by atomic mass is 10.2. The number of nitrogens with zero attached hydrogens (tertiary/aromatic N) is 3. The van der Waals surface area contributed by atoms with Crippen LogP contribution in [0.25, 0.3) is 33.1 Å². The van der Waals surface area contributed by atoms with Crippen molar-refractivity contribution in [2.24, 2.45) is 0 Å². The van der Waals surface area contributed by atoms with E-state index in [9.17, 15) is 9.59 Å². The van der Waals surface area contributed by atoms with E-state index in [1.54, 1.807) is 38.4 Å². The lowest BCUT2D eigenvalue weighted by molar-refractivity contribution is -0.142. The Labute approximate surface area is 279 Å². The van der Waals surface area contributed by atoms with Gasteiger partial charge >= 0.3 is 13.6 Å². The van der Waals surface area contributed by atoms with Gasteiger partial charge in [0, 0.05) is 38.5 Å². The zero-order chi connectivity index (χ0) is 33.0. The summed E-state index contributed by atoms with van der Waals surface area (Å²) in [4.78, 5) is 31.1. The zero-order valence-corrected chi connectivity index (χ0v) is 28.1. The molecule has 0 radical (unpaired) electrons. The van der Waals surface area contributed by atoms with Crippen LogP contribution in [-0.4, -0.2) is 46.6 Å². The third-order valence-corrected chi connectivity index (χ3v) is 11.1. The quantitative estimate of drug-likeness (QED) is 0.105. The van der Waals surface area contributed by atoms with Gasteiger partial charge in [0.15, 0.2) is 0 Å². The van der Waals surface area contributed by atoms with Gasteiger partial charge in [-0.2, -0.15) is 9.55 Å². The standard InChI is InChI=1S/C34H30N5O5PS2/c1-22(34(41)43-3)38-45(42,44-30-11-8-13-31-26(30)18-20-46-31)39-29-21-24(47-32-12-5-4-10-27(32)33(40)35-2)15-16-25(29)28(37-39)17-14-23-9-6-7-19-36-23/h4-22H,1-3H3,(H,35,40)(H,38,42)/b17-14+/t22-,45?/m0/s1. The molecule has 0 spiro atoms. The van der Waals surface area contributed by atoms with E-state index in [-0.39, 0.29) is 5.91 Å². The van der Waals surface area contributed by atoms with Crippen molar-refractivity contribution in [1.82, 2.24) is 24.9 Å². The maximum absolute atomic E-state index is 15.2. The van der Waals surface area contributed by atoms with Crippen LogP contribution in [0.1, 0.15) is 28.7 Å². The molecule has 0 bridgehead atoms. The number of amides is 1. The molecule has 1 unspecified atom stereocenters. The molecule has 3 aromatic carbocycles. The summed E-state index contributed by atoms with van der Waals surface area (Å²) in [5.74, 6) is -0.449. The first kappa shape index (κ1) is 32.2. The highest BCUT2D eigenvalue weighted by atomic mass is 32.2. The molecular formula is C34H30N5O5PS2. The molecule has 47 heavy (non-hydrogen) atoms. The van der Waals surface area contributed by atoms with Crippen LogP contribution in [0.2, 0.25) is 0 Å². The summed E-state index contributed by atoms with van der Waals surface area (Å²) in [5.41, 5.74) is 2.24. The van der Waals surface area contributed by atoms with Gasteiger partial charge in [0.2, 0.25) is 0 Å². The average molecular weight is 684 g/mol. The van der Waals surface area contributed by atoms with E-state index in [0.717, 1.165) is 19.9 Å². The van der Waals surface area contributed by atoms with Crippen molar-refractivity contribution in [2.45, 2.75) is 22.8 Å². The highest BCUT2D eigenvalue weighted by Crippen LogP contribution is 2.50. The number of hydrogen-bond acceptors (Lipinski definition) is 9. The second-order valence-corrected chi connectivity index (χ2v) is 14.2. The molecule has 13 heteroatoms. The molecule has 1 amide bonds. The monoisotopic (exact) mass is 683 g/mol. The van der Waals surface area contributed by atoms with Gasteiger partial charge in [0.1, 0.15) is 11.8 Å². The summed E-state index contributed by atoms with van der Waals surface area (Å²) >= 11 is 2.92. The third kappa shape index (κ3) is 6.86. The summed E-state index contributed by atoms with van der Waals surface area (Å²) in [7, 11) is -1.36. The third-order valence-electron chi connectivity index (χ3n) is 7.19. The maximum atomic E-state index is 15.2. The Balaban J connectivity index is 1.52. The Morgan fingerprint density at radius 1 is 1.00 bits per heavy atom. The van der Waals surface area contributed by atoms with E-state index in [2.05, 4.69) is 15.4 Å². The first-order valence-corrected chi connectivity index (χ1v) is 17.8. The summed E-state index contributed by atoms with van der Waals surface area (Å²) in [6, 6.07) is 24.9. The molecule has 3 heterocycles. The normalized spacial score (nSPS) is 13.4. The Morgan fingerprint density at radius 3 is 2.62 bits per heavy atom. The number of carbonyl (C=O) groups is 2. The minimum absolute atomic E-state index is 0.206. The molecule has 238 valence electrons. The highest BCUT2D eigenvalue weighted by molar-refractivity contribution is 7.99. The van der Waals surface area contributed by atoms with Crippen LogP contribution >= 0.6 is 30.8 Å². The number of fused-ring (bicyclic) bond motifs is 2. The molecule has 10 nitrogen and oxygen atoms in total. The van der Waals surface area contributed by atoms with Crippen molar-refractivity contribution < 1.29 is 23.4 Å². The average Bonchev–Trinajstić information content (AvgIpc) is 3.73. The van der Waals surface area contributed by atoms with E-state index in [0.29, 0.717) is 33.6 Å². The number of esters is 1. The van der Waals surface area contributed by atoms with E-state index < -0.39 is 19.7 Å². The number of benzene rings is 3. The predicted molar refractivity (Wildman–Crippen MR) is 187 cm³/mol. The molecule has 0 saturated carbocycles. The number of aromatic nitrogens is 3. The van der Waals surface area contributed by atoms with Crippen LogP contribution in [0.3, 0.4) is 0 Å². The van der Waals surface area contributed by atoms with Gasteiger partial charge in [-0.3, -0.25) is 14.6 Å². The number of hydrogen-bond donors (Lipinski definition) is 2. The minimum Gasteiger partial charge on any atom is -0.468 e. The topological polar surface area (TPSA) is 124 Å². The first-order valence-electron chi connectivity index (χ1n) is 14.5. The SMILES string of the molecule is CNC(=O)c1ccccc1Sc1ccc2c(/C=C/c3ccccn3)nn(P(=O)(N[C@@H](C)C(=O)OC)Oc3cccc4sccc34)c2c1. The molecule has 0 fully saturated rings. The number of thiophene rings is 1. The Kier molecular flexibility index (Phi) is 9.55. The first-order chi connectivity index (χ1) is 22.8. The van der Waals surface area contributed by atoms with Crippen LogP contribution < -0.4 is 14.9 Å². The number of pyridine rings is 1. The van der Waals surface area contributed by atoms with Crippen LogP contribution in [0, 0.1) is 0 Å². The lowest BCUT2D eigenvalue weighted by Gasteiger charge is -2.24. The van der Waals surface area contributed by atoms with E-state index in [1.807, 2.05) is 84.3 Å². The lowest BCUT2D eigenvalue weighted by Crippen LogP contribution is -2.36. The fraction of sp³-hybridized carbons (Fsp3) is 0.118. The number of rotatable bonds is 11. The fourth-order valence-corrected chi connectivity index (χ4v) is 8.61. The second kappa shape index (κ2) is 13.9. The van der Waals surface area contributed by atoms with Crippen LogP contribution in [0.15, 0.2) is 106 Å². The molecule has 2 N–H and O–H groups in total. The molecule has 3 aromatic heterocycles. The number of carbonyl (C=O) groups excluding carboxylic acids is 2. The summed E-state index contributed by atoms with van der Waals surface area (Å²) in [6.45, 7) is 1.55. The van der Waals surface area contributed by atoms with Crippen LogP contribution in [0.5, 0.6) is 5.75 Å². The van der Waals surface area contributed by atoms with Gasteiger partial charge in [0.05, 0.1) is 29.6 Å². The highest BCUT2D eigenvalue weighted by Gasteiger charge is 2.36. The largest absolute Gasteiger partial charge is 0.468 e. The Hall–Kier alpha value is -4.74. The summed E-state index contributed by atoms with van der Waals surface area (Å²) in [6.07, 6.45) is 5.31. The zero-order valence-electron chi connectivity index (χ0n) is 25.6. The second-order valence-electron chi connectivity index (χ2n) is 10.3.